The summed E-state index contributed by atoms with van der Waals surface area (Å²) in [5, 5.41) is 0. The zero-order chi connectivity index (χ0) is 8.10. The van der Waals surface area contributed by atoms with E-state index in [2.05, 4.69) is 14.7 Å². The summed E-state index contributed by atoms with van der Waals surface area (Å²) in [4.78, 5) is 7.16. The lowest BCUT2D eigenvalue weighted by molar-refractivity contribution is 0.0815. The van der Waals surface area contributed by atoms with Gasteiger partial charge in [0, 0.05) is 0 Å². The van der Waals surface area contributed by atoms with E-state index in [0.717, 1.165) is 0 Å². The SMILES string of the molecule is FC(F)COc1cncnc1. The number of halogens is 2. The second-order valence-corrected chi connectivity index (χ2v) is 1.78. The van der Waals surface area contributed by atoms with Crippen molar-refractivity contribution in [3.63, 3.8) is 0 Å². The Balaban J connectivity index is 2.39. The van der Waals surface area contributed by atoms with Crippen molar-refractivity contribution in [3.8, 4) is 5.75 Å². The van der Waals surface area contributed by atoms with E-state index in [0.29, 0.717) is 0 Å². The van der Waals surface area contributed by atoms with Crippen molar-refractivity contribution in [2.24, 2.45) is 0 Å². The molecule has 0 unspecified atom stereocenters. The lowest BCUT2D eigenvalue weighted by atomic mass is 10.6. The molecule has 0 amide bonds. The summed E-state index contributed by atoms with van der Waals surface area (Å²) in [6.07, 6.45) is 1.50. The Morgan fingerprint density at radius 2 is 2.00 bits per heavy atom. The topological polar surface area (TPSA) is 35.0 Å². The number of hydrogen-bond donors (Lipinski definition) is 0. The van der Waals surface area contributed by atoms with Gasteiger partial charge >= 0.3 is 0 Å². The molecule has 11 heavy (non-hydrogen) atoms. The normalized spacial score (nSPS) is 10.1. The van der Waals surface area contributed by atoms with Crippen LogP contribution in [0.3, 0.4) is 0 Å². The van der Waals surface area contributed by atoms with Crippen molar-refractivity contribution in [2.75, 3.05) is 6.61 Å². The summed E-state index contributed by atoms with van der Waals surface area (Å²) in [5.41, 5.74) is 0. The Bertz CT molecular complexity index is 205. The van der Waals surface area contributed by atoms with Gasteiger partial charge in [0.05, 0.1) is 12.4 Å². The molecule has 0 aromatic carbocycles. The van der Waals surface area contributed by atoms with E-state index >= 15 is 0 Å². The van der Waals surface area contributed by atoms with Gasteiger partial charge in [0.1, 0.15) is 12.9 Å². The van der Waals surface area contributed by atoms with Crippen LogP contribution < -0.4 is 4.74 Å². The van der Waals surface area contributed by atoms with Crippen molar-refractivity contribution in [1.82, 2.24) is 9.97 Å². The fourth-order valence-electron chi connectivity index (χ4n) is 0.519. The van der Waals surface area contributed by atoms with Crippen molar-refractivity contribution in [2.45, 2.75) is 6.43 Å². The molecule has 0 aliphatic rings. The molecule has 1 heterocycles. The number of nitrogens with zero attached hydrogens (tertiary/aromatic N) is 2. The smallest absolute Gasteiger partial charge is 0.272 e. The van der Waals surface area contributed by atoms with Gasteiger partial charge in [0.2, 0.25) is 0 Å². The fourth-order valence-corrected chi connectivity index (χ4v) is 0.519. The van der Waals surface area contributed by atoms with E-state index in [1.54, 1.807) is 0 Å². The van der Waals surface area contributed by atoms with Gasteiger partial charge in [0.25, 0.3) is 6.43 Å². The van der Waals surface area contributed by atoms with Gasteiger partial charge in [0.15, 0.2) is 5.75 Å². The van der Waals surface area contributed by atoms with Gasteiger partial charge in [-0.2, -0.15) is 0 Å². The van der Waals surface area contributed by atoms with Gasteiger partial charge in [-0.05, 0) is 0 Å². The maximum Gasteiger partial charge on any atom is 0.272 e. The summed E-state index contributed by atoms with van der Waals surface area (Å²) < 4.78 is 27.7. The quantitative estimate of drug-likeness (QED) is 0.664. The highest BCUT2D eigenvalue weighted by Crippen LogP contribution is 2.05. The van der Waals surface area contributed by atoms with Gasteiger partial charge in [-0.3, -0.25) is 0 Å². The Kier molecular flexibility index (Phi) is 2.71. The van der Waals surface area contributed by atoms with E-state index < -0.39 is 13.0 Å². The molecule has 1 aromatic rings. The maximum atomic E-state index is 11.6. The Labute approximate surface area is 62.0 Å². The second-order valence-electron chi connectivity index (χ2n) is 1.78. The standard InChI is InChI=1S/C6H6F2N2O/c7-6(8)3-11-5-1-9-4-10-2-5/h1-2,4,6H,3H2. The molecule has 0 saturated heterocycles. The molecule has 0 fully saturated rings. The summed E-state index contributed by atoms with van der Waals surface area (Å²) in [5.74, 6) is 0.257. The van der Waals surface area contributed by atoms with Crippen molar-refractivity contribution in [1.29, 1.82) is 0 Å². The third-order valence-corrected chi connectivity index (χ3v) is 0.913. The Morgan fingerprint density at radius 1 is 1.36 bits per heavy atom. The molecular weight excluding hydrogens is 154 g/mol. The number of aromatic nitrogens is 2. The largest absolute Gasteiger partial charge is 0.484 e. The summed E-state index contributed by atoms with van der Waals surface area (Å²) in [7, 11) is 0. The first kappa shape index (κ1) is 7.84. The number of ether oxygens (including phenoxy) is 1. The van der Waals surface area contributed by atoms with E-state index in [4.69, 9.17) is 0 Å². The van der Waals surface area contributed by atoms with E-state index in [-0.39, 0.29) is 5.75 Å². The Hall–Kier alpha value is -1.26. The number of rotatable bonds is 3. The van der Waals surface area contributed by atoms with Crippen LogP contribution in [0, 0.1) is 0 Å². The molecule has 0 spiro atoms. The van der Waals surface area contributed by atoms with E-state index in [1.807, 2.05) is 0 Å². The highest BCUT2D eigenvalue weighted by atomic mass is 19.3. The van der Waals surface area contributed by atoms with Crippen LogP contribution in [0.2, 0.25) is 0 Å². The van der Waals surface area contributed by atoms with Crippen LogP contribution in [0.1, 0.15) is 0 Å². The molecule has 0 saturated carbocycles. The molecule has 0 aliphatic heterocycles. The molecule has 60 valence electrons. The monoisotopic (exact) mass is 160 g/mol. The average Bonchev–Trinajstić information content (AvgIpc) is 2.03. The van der Waals surface area contributed by atoms with Gasteiger partial charge in [-0.1, -0.05) is 0 Å². The maximum absolute atomic E-state index is 11.6. The number of hydrogen-bond acceptors (Lipinski definition) is 3. The number of alkyl halides is 2. The Morgan fingerprint density at radius 3 is 2.55 bits per heavy atom. The summed E-state index contributed by atoms with van der Waals surface area (Å²) in [6, 6.07) is 0. The first-order valence-corrected chi connectivity index (χ1v) is 2.95. The summed E-state index contributed by atoms with van der Waals surface area (Å²) >= 11 is 0. The molecule has 0 aliphatic carbocycles. The average molecular weight is 160 g/mol. The lowest BCUT2D eigenvalue weighted by Gasteiger charge is -2.02. The van der Waals surface area contributed by atoms with E-state index in [1.165, 1.54) is 18.7 Å². The lowest BCUT2D eigenvalue weighted by Crippen LogP contribution is -2.07. The minimum absolute atomic E-state index is 0.257. The van der Waals surface area contributed by atoms with Gasteiger partial charge in [-0.15, -0.1) is 0 Å². The molecule has 0 bridgehead atoms. The van der Waals surface area contributed by atoms with Crippen LogP contribution in [0.4, 0.5) is 8.78 Å². The summed E-state index contributed by atoms with van der Waals surface area (Å²) in [6.45, 7) is -0.618. The second kappa shape index (κ2) is 3.80. The molecular formula is C6H6F2N2O. The highest BCUT2D eigenvalue weighted by Gasteiger charge is 2.02. The zero-order valence-corrected chi connectivity index (χ0v) is 5.58. The van der Waals surface area contributed by atoms with Crippen LogP contribution in [0.15, 0.2) is 18.7 Å². The van der Waals surface area contributed by atoms with Crippen molar-refractivity contribution < 1.29 is 13.5 Å². The van der Waals surface area contributed by atoms with Crippen LogP contribution in [-0.2, 0) is 0 Å². The predicted molar refractivity (Wildman–Crippen MR) is 33.5 cm³/mol. The van der Waals surface area contributed by atoms with Crippen LogP contribution in [0.5, 0.6) is 5.75 Å². The van der Waals surface area contributed by atoms with Crippen LogP contribution in [0.25, 0.3) is 0 Å². The van der Waals surface area contributed by atoms with Crippen molar-refractivity contribution in [3.05, 3.63) is 18.7 Å². The van der Waals surface area contributed by atoms with Crippen LogP contribution in [-0.4, -0.2) is 23.0 Å². The van der Waals surface area contributed by atoms with Gasteiger partial charge < -0.3 is 4.74 Å². The fraction of sp³-hybridized carbons (Fsp3) is 0.333. The third-order valence-electron chi connectivity index (χ3n) is 0.913. The van der Waals surface area contributed by atoms with Gasteiger partial charge in [-0.25, -0.2) is 18.7 Å². The molecule has 3 nitrogen and oxygen atoms in total. The molecule has 5 heteroatoms. The van der Waals surface area contributed by atoms with E-state index in [9.17, 15) is 8.78 Å². The van der Waals surface area contributed by atoms with Crippen LogP contribution >= 0.6 is 0 Å². The zero-order valence-electron chi connectivity index (χ0n) is 5.58. The predicted octanol–water partition coefficient (Wildman–Crippen LogP) is 1.12. The third kappa shape index (κ3) is 2.88. The highest BCUT2D eigenvalue weighted by molar-refractivity contribution is 5.09. The first-order chi connectivity index (χ1) is 5.29. The molecule has 1 rings (SSSR count). The molecule has 1 aromatic heterocycles. The first-order valence-electron chi connectivity index (χ1n) is 2.95. The van der Waals surface area contributed by atoms with Crippen molar-refractivity contribution >= 4 is 0 Å². The minimum Gasteiger partial charge on any atom is -0.484 e. The molecule has 0 N–H and O–H groups in total. The molecule has 0 atom stereocenters. The minimum atomic E-state index is -2.46. The molecule has 0 radical (unpaired) electrons.